The first kappa shape index (κ1) is 32.6. The first-order valence-corrected chi connectivity index (χ1v) is 17.5. The number of ether oxygens (including phenoxy) is 3. The minimum absolute atomic E-state index is 0.0117. The van der Waals surface area contributed by atoms with E-state index in [2.05, 4.69) is 24.0 Å². The molecule has 2 atom stereocenters. The number of thioether (sulfide) groups is 1. The zero-order valence-corrected chi connectivity index (χ0v) is 28.4. The number of benzene rings is 3. The van der Waals surface area contributed by atoms with Gasteiger partial charge in [0.2, 0.25) is 5.13 Å². The molecule has 0 aliphatic carbocycles. The maximum absolute atomic E-state index is 13.8. The highest BCUT2D eigenvalue weighted by atomic mass is 32.2. The molecule has 9 nitrogen and oxygen atoms in total. The van der Waals surface area contributed by atoms with Crippen molar-refractivity contribution in [1.29, 1.82) is 0 Å². The average molecular weight is 672 g/mol. The van der Waals surface area contributed by atoms with Gasteiger partial charge in [0.15, 0.2) is 15.8 Å². The van der Waals surface area contributed by atoms with E-state index in [0.29, 0.717) is 58.3 Å². The summed E-state index contributed by atoms with van der Waals surface area (Å²) in [6, 6.07) is 19.7. The van der Waals surface area contributed by atoms with Crippen molar-refractivity contribution in [3.05, 3.63) is 94.6 Å². The van der Waals surface area contributed by atoms with Crippen LogP contribution in [-0.2, 0) is 21.8 Å². The van der Waals surface area contributed by atoms with Gasteiger partial charge in [0.05, 0.1) is 24.8 Å². The Morgan fingerprint density at radius 3 is 2.64 bits per heavy atom. The summed E-state index contributed by atoms with van der Waals surface area (Å²) in [5, 5.41) is 20.7. The van der Waals surface area contributed by atoms with Crippen LogP contribution in [0.1, 0.15) is 62.4 Å². The second-order valence-electron chi connectivity index (χ2n) is 11.9. The number of aliphatic hydroxyl groups excluding tert-OH is 1. The second kappa shape index (κ2) is 14.2. The predicted octanol–water partition coefficient (Wildman–Crippen LogP) is 7.60. The molecule has 1 N–H and O–H groups in total. The van der Waals surface area contributed by atoms with Crippen molar-refractivity contribution in [3.63, 3.8) is 0 Å². The Hall–Kier alpha value is -4.35. The van der Waals surface area contributed by atoms with Crippen molar-refractivity contribution in [2.45, 2.75) is 62.8 Å². The van der Waals surface area contributed by atoms with E-state index in [9.17, 15) is 14.7 Å². The Kier molecular flexibility index (Phi) is 9.84. The molecule has 0 bridgehead atoms. The minimum atomic E-state index is -0.984. The van der Waals surface area contributed by atoms with Crippen LogP contribution in [0.25, 0.3) is 5.76 Å². The first-order chi connectivity index (χ1) is 22.7. The molecule has 6 rings (SSSR count). The number of fused-ring (bicyclic) bond motifs is 1. The third-order valence-electron chi connectivity index (χ3n) is 7.96. The molecule has 0 radical (unpaired) electrons. The lowest BCUT2D eigenvalue weighted by Gasteiger charge is -2.24. The summed E-state index contributed by atoms with van der Waals surface area (Å²) in [6.07, 6.45) is 1.57. The van der Waals surface area contributed by atoms with Gasteiger partial charge in [-0.05, 0) is 73.2 Å². The van der Waals surface area contributed by atoms with E-state index in [1.807, 2.05) is 50.2 Å². The van der Waals surface area contributed by atoms with Crippen LogP contribution >= 0.6 is 23.1 Å². The quantitative estimate of drug-likeness (QED) is 0.0535. The lowest BCUT2D eigenvalue weighted by molar-refractivity contribution is -0.132. The van der Waals surface area contributed by atoms with Crippen molar-refractivity contribution in [1.82, 2.24) is 10.2 Å². The van der Waals surface area contributed by atoms with Gasteiger partial charge < -0.3 is 19.3 Å². The summed E-state index contributed by atoms with van der Waals surface area (Å²) in [7, 11) is 0. The summed E-state index contributed by atoms with van der Waals surface area (Å²) in [5.74, 6) is 1.08. The van der Waals surface area contributed by atoms with Crippen molar-refractivity contribution in [2.75, 3.05) is 18.1 Å². The highest BCUT2D eigenvalue weighted by Crippen LogP contribution is 2.46. The Morgan fingerprint density at radius 2 is 1.87 bits per heavy atom. The standard InChI is InChI=1S/C36H37N3O6S2/c1-5-43-29-19-24(11-14-28(29)44-16-15-21(2)3)31-30(32(40)25-12-13-27-26(18-25)17-22(4)45-27)33(41)34(42)39(31)35-37-38-36(47-35)46-20-23-9-7-6-8-10-23/h6-14,18-19,21-22,31,40H,5,15-17,20H2,1-4H3/t22-,31-/m1/s1. The summed E-state index contributed by atoms with van der Waals surface area (Å²) >= 11 is 2.73. The molecule has 1 aromatic heterocycles. The second-order valence-corrected chi connectivity index (χ2v) is 14.1. The predicted molar refractivity (Wildman–Crippen MR) is 183 cm³/mol. The van der Waals surface area contributed by atoms with Gasteiger partial charge in [-0.2, -0.15) is 0 Å². The highest BCUT2D eigenvalue weighted by molar-refractivity contribution is 8.00. The molecule has 1 amide bonds. The van der Waals surface area contributed by atoms with Crippen LogP contribution in [-0.4, -0.2) is 46.3 Å². The summed E-state index contributed by atoms with van der Waals surface area (Å²) in [6.45, 7) is 9.03. The van der Waals surface area contributed by atoms with E-state index in [1.165, 1.54) is 28.0 Å². The van der Waals surface area contributed by atoms with Gasteiger partial charge in [0, 0.05) is 17.7 Å². The number of rotatable bonds is 12. The average Bonchev–Trinajstić information content (AvgIpc) is 3.75. The lowest BCUT2D eigenvalue weighted by atomic mass is 9.94. The Balaban J connectivity index is 1.41. The molecule has 1 fully saturated rings. The van der Waals surface area contributed by atoms with Crippen LogP contribution in [0.2, 0.25) is 0 Å². The highest BCUT2D eigenvalue weighted by Gasteiger charge is 2.48. The largest absolute Gasteiger partial charge is 0.507 e. The van der Waals surface area contributed by atoms with Crippen LogP contribution in [0.4, 0.5) is 5.13 Å². The molecule has 3 aromatic carbocycles. The Morgan fingerprint density at radius 1 is 1.06 bits per heavy atom. The number of nitrogens with zero attached hydrogens (tertiary/aromatic N) is 3. The molecule has 0 saturated carbocycles. The molecule has 11 heteroatoms. The van der Waals surface area contributed by atoms with Crippen molar-refractivity contribution >= 4 is 45.7 Å². The number of hydrogen-bond acceptors (Lipinski definition) is 10. The maximum Gasteiger partial charge on any atom is 0.301 e. The molecular formula is C36H37N3O6S2. The number of amides is 1. The van der Waals surface area contributed by atoms with Gasteiger partial charge in [0.25, 0.3) is 5.78 Å². The van der Waals surface area contributed by atoms with E-state index in [4.69, 9.17) is 14.2 Å². The fourth-order valence-electron chi connectivity index (χ4n) is 5.63. The zero-order valence-electron chi connectivity index (χ0n) is 26.8. The summed E-state index contributed by atoms with van der Waals surface area (Å²) < 4.78 is 18.5. The Labute approximate surface area is 282 Å². The molecule has 2 aliphatic heterocycles. The number of aromatic nitrogens is 2. The number of aliphatic hydroxyl groups is 1. The van der Waals surface area contributed by atoms with Gasteiger partial charge >= 0.3 is 5.91 Å². The van der Waals surface area contributed by atoms with Crippen molar-refractivity contribution < 1.29 is 28.9 Å². The summed E-state index contributed by atoms with van der Waals surface area (Å²) in [5.41, 5.74) is 3.02. The maximum atomic E-state index is 13.8. The van der Waals surface area contributed by atoms with Crippen LogP contribution in [0.3, 0.4) is 0 Å². The molecule has 3 heterocycles. The van der Waals surface area contributed by atoms with Crippen LogP contribution < -0.4 is 19.1 Å². The Bertz CT molecular complexity index is 1810. The molecule has 2 aliphatic rings. The smallest absolute Gasteiger partial charge is 0.301 e. The number of carbonyl (C=O) groups excluding carboxylic acids is 2. The monoisotopic (exact) mass is 671 g/mol. The number of hydrogen-bond donors (Lipinski definition) is 1. The first-order valence-electron chi connectivity index (χ1n) is 15.7. The third-order valence-corrected chi connectivity index (χ3v) is 10.1. The number of carbonyl (C=O) groups is 2. The number of ketones is 1. The van der Waals surface area contributed by atoms with Crippen molar-refractivity contribution in [3.8, 4) is 17.2 Å². The molecule has 244 valence electrons. The minimum Gasteiger partial charge on any atom is -0.507 e. The van der Waals surface area contributed by atoms with E-state index in [0.717, 1.165) is 23.3 Å². The topological polar surface area (TPSA) is 111 Å². The lowest BCUT2D eigenvalue weighted by Crippen LogP contribution is -2.29. The zero-order chi connectivity index (χ0) is 33.1. The molecule has 1 saturated heterocycles. The molecule has 0 unspecified atom stereocenters. The van der Waals surface area contributed by atoms with Crippen LogP contribution in [0.15, 0.2) is 76.6 Å². The summed E-state index contributed by atoms with van der Waals surface area (Å²) in [4.78, 5) is 29.0. The molecule has 47 heavy (non-hydrogen) atoms. The van der Waals surface area contributed by atoms with Crippen LogP contribution in [0.5, 0.6) is 17.2 Å². The van der Waals surface area contributed by atoms with Gasteiger partial charge in [-0.1, -0.05) is 73.3 Å². The van der Waals surface area contributed by atoms with E-state index >= 15 is 0 Å². The van der Waals surface area contributed by atoms with Gasteiger partial charge in [-0.3, -0.25) is 14.5 Å². The van der Waals surface area contributed by atoms with Gasteiger partial charge in [0.1, 0.15) is 17.6 Å². The number of anilines is 1. The number of Topliss-reactive ketones (excluding diaryl/α,β-unsaturated/α-hetero) is 1. The fraction of sp³-hybridized carbons (Fsp3) is 0.333. The van der Waals surface area contributed by atoms with E-state index in [1.54, 1.807) is 30.3 Å². The van der Waals surface area contributed by atoms with Gasteiger partial charge in [-0.15, -0.1) is 10.2 Å². The van der Waals surface area contributed by atoms with Crippen molar-refractivity contribution in [2.24, 2.45) is 5.92 Å². The van der Waals surface area contributed by atoms with E-state index < -0.39 is 17.7 Å². The molecular weight excluding hydrogens is 635 g/mol. The molecule has 4 aromatic rings. The molecule has 0 spiro atoms. The SMILES string of the molecule is CCOc1cc([C@@H]2C(=C(O)c3ccc4c(c3)C[C@@H](C)O4)C(=O)C(=O)N2c2nnc(SCc3ccccc3)s2)ccc1OCCC(C)C. The van der Waals surface area contributed by atoms with Gasteiger partial charge in [-0.25, -0.2) is 0 Å². The normalized spacial score (nSPS) is 18.4. The fourth-order valence-corrected chi connectivity index (χ4v) is 7.46. The van der Waals surface area contributed by atoms with E-state index in [-0.39, 0.29) is 22.6 Å². The van der Waals surface area contributed by atoms with Crippen LogP contribution in [0, 0.1) is 5.92 Å². The third kappa shape index (κ3) is 7.01.